The Balaban J connectivity index is 0.000000691. The van der Waals surface area contributed by atoms with Crippen LogP contribution in [-0.4, -0.2) is 88.3 Å². The van der Waals surface area contributed by atoms with Crippen LogP contribution in [0.1, 0.15) is 51.9 Å². The summed E-state index contributed by atoms with van der Waals surface area (Å²) in [5.41, 5.74) is -12.4. The molecular weight excluding hydrogens is 550 g/mol. The topological polar surface area (TPSA) is 110 Å². The van der Waals surface area contributed by atoms with Gasteiger partial charge in [0.25, 0.3) is 0 Å². The molecule has 1 saturated heterocycles. The summed E-state index contributed by atoms with van der Waals surface area (Å²) in [5.74, 6) is 0. The van der Waals surface area contributed by atoms with Gasteiger partial charge >= 0.3 is 19.8 Å². The summed E-state index contributed by atoms with van der Waals surface area (Å²) in [6.45, 7) is 6.04. The van der Waals surface area contributed by atoms with Crippen LogP contribution >= 0.6 is 0 Å². The Kier molecular flexibility index (Phi) is 13.7. The van der Waals surface area contributed by atoms with Crippen molar-refractivity contribution in [2.45, 2.75) is 62.9 Å². The fraction of sp³-hybridized carbons (Fsp3) is 1.00. The lowest BCUT2D eigenvalue weighted by molar-refractivity contribution is -0.925. The molecule has 0 N–H and O–H groups in total. The molecule has 1 rings (SSSR count). The van der Waals surface area contributed by atoms with Crippen molar-refractivity contribution >= 4 is 28.9 Å². The SMILES string of the molecule is CCCCCC[N+]1(C[Si](OC)(OC)OC)CCCCC1.O=S(=O)([N-]S(=O)(=O)C(F)(F)F)C(F)(F)F. The average Bonchev–Trinajstić information content (AvgIpc) is 2.74. The summed E-state index contributed by atoms with van der Waals surface area (Å²) in [5, 5.41) is 0. The molecule has 18 heteroatoms. The lowest BCUT2D eigenvalue weighted by Gasteiger charge is -2.44. The first kappa shape index (κ1) is 34.5. The molecule has 0 radical (unpaired) electrons. The molecule has 9 nitrogen and oxygen atoms in total. The van der Waals surface area contributed by atoms with Gasteiger partial charge in [-0.25, -0.2) is 16.8 Å². The number of halogens is 6. The molecule has 0 aliphatic carbocycles. The molecule has 0 unspecified atom stereocenters. The summed E-state index contributed by atoms with van der Waals surface area (Å²) in [7, 11) is -10.7. The lowest BCUT2D eigenvalue weighted by atomic mass is 10.1. The minimum Gasteiger partial charge on any atom is -0.421 e. The van der Waals surface area contributed by atoms with E-state index in [2.05, 4.69) is 6.92 Å². The molecule has 0 aromatic carbocycles. The molecule has 212 valence electrons. The van der Waals surface area contributed by atoms with Crippen molar-refractivity contribution < 1.29 is 60.9 Å². The van der Waals surface area contributed by atoms with E-state index in [1.165, 1.54) is 64.6 Å². The molecule has 1 fully saturated rings. The monoisotopic (exact) mass is 584 g/mol. The number of unbranched alkanes of at least 4 members (excludes halogenated alkanes) is 3. The minimum absolute atomic E-state index is 0.778. The number of likely N-dealkylation sites (tertiary alicyclic amines) is 1. The van der Waals surface area contributed by atoms with Gasteiger partial charge in [-0.05, 0) is 32.1 Å². The second-order valence-electron chi connectivity index (χ2n) is 8.00. The van der Waals surface area contributed by atoms with Gasteiger partial charge in [0.15, 0.2) is 20.0 Å². The molecule has 1 aliphatic rings. The van der Waals surface area contributed by atoms with Gasteiger partial charge in [0, 0.05) is 21.3 Å². The van der Waals surface area contributed by atoms with Crippen LogP contribution in [0.4, 0.5) is 26.3 Å². The maximum atomic E-state index is 11.4. The Morgan fingerprint density at radius 2 is 1.20 bits per heavy atom. The number of hydrogen-bond donors (Lipinski definition) is 0. The third kappa shape index (κ3) is 10.8. The maximum absolute atomic E-state index is 11.4. The summed E-state index contributed by atoms with van der Waals surface area (Å²) in [4.78, 5) is 0. The molecule has 1 heterocycles. The van der Waals surface area contributed by atoms with Crippen LogP contribution in [0.3, 0.4) is 0 Å². The van der Waals surface area contributed by atoms with Crippen molar-refractivity contribution in [2.24, 2.45) is 0 Å². The predicted octanol–water partition coefficient (Wildman–Crippen LogP) is 4.04. The third-order valence-corrected chi connectivity index (χ3v) is 11.2. The van der Waals surface area contributed by atoms with Gasteiger partial charge in [-0.3, -0.25) is 0 Å². The zero-order valence-electron chi connectivity index (χ0n) is 20.1. The summed E-state index contributed by atoms with van der Waals surface area (Å²) >= 11 is 0. The van der Waals surface area contributed by atoms with Gasteiger partial charge in [0.2, 0.25) is 0 Å². The van der Waals surface area contributed by atoms with Crippen LogP contribution in [0.5, 0.6) is 0 Å². The molecular formula is C17H34F6N2O7S2Si. The van der Waals surface area contributed by atoms with Crippen LogP contribution in [0.15, 0.2) is 0 Å². The number of rotatable bonds is 12. The molecule has 35 heavy (non-hydrogen) atoms. The first-order valence-electron chi connectivity index (χ1n) is 10.7. The highest BCUT2D eigenvalue weighted by Crippen LogP contribution is 2.36. The highest BCUT2D eigenvalue weighted by atomic mass is 32.3. The quantitative estimate of drug-likeness (QED) is 0.147. The van der Waals surface area contributed by atoms with Gasteiger partial charge in [0.1, 0.15) is 6.17 Å². The fourth-order valence-corrected chi connectivity index (χ4v) is 7.48. The van der Waals surface area contributed by atoms with Gasteiger partial charge < -0.3 is 21.9 Å². The molecule has 0 saturated carbocycles. The molecule has 1 aliphatic heterocycles. The van der Waals surface area contributed by atoms with E-state index < -0.39 is 39.9 Å². The standard InChI is InChI=1S/C15H34NO3Si.C2F6NO4S2/c1-5-6-7-9-12-16(13-10-8-11-14-16)15-20(17-2,18-3)19-4;3-1(4,5)14(10,11)9-15(12,13)2(6,7)8/h5-15H2,1-4H3;/q+1;-1. The van der Waals surface area contributed by atoms with Crippen LogP contribution in [0, 0.1) is 0 Å². The number of alkyl halides is 6. The molecule has 0 amide bonds. The second kappa shape index (κ2) is 13.9. The molecule has 0 bridgehead atoms. The lowest BCUT2D eigenvalue weighted by Crippen LogP contribution is -2.64. The van der Waals surface area contributed by atoms with E-state index in [1.807, 2.05) is 0 Å². The first-order valence-corrected chi connectivity index (χ1v) is 15.5. The van der Waals surface area contributed by atoms with Crippen LogP contribution in [-0.2, 0) is 33.3 Å². The fourth-order valence-electron chi connectivity index (χ4n) is 3.59. The van der Waals surface area contributed by atoms with Gasteiger partial charge in [-0.15, -0.1) is 0 Å². The molecule has 0 atom stereocenters. The Morgan fingerprint density at radius 1 is 0.771 bits per heavy atom. The van der Waals surface area contributed by atoms with Crippen LogP contribution in [0.2, 0.25) is 0 Å². The number of quaternary nitrogens is 1. The van der Waals surface area contributed by atoms with Crippen molar-refractivity contribution in [3.63, 3.8) is 0 Å². The molecule has 0 aromatic heterocycles. The number of nitrogens with zero attached hydrogens (tertiary/aromatic N) is 2. The first-order chi connectivity index (χ1) is 15.9. The number of piperidine rings is 1. The normalized spacial score (nSPS) is 17.5. The van der Waals surface area contributed by atoms with Crippen molar-refractivity contribution in [1.82, 2.24) is 0 Å². The van der Waals surface area contributed by atoms with E-state index in [4.69, 9.17) is 13.3 Å². The number of hydrogen-bond acceptors (Lipinski definition) is 7. The van der Waals surface area contributed by atoms with Gasteiger partial charge in [-0.1, -0.05) is 19.8 Å². The van der Waals surface area contributed by atoms with Crippen molar-refractivity contribution in [3.05, 3.63) is 4.13 Å². The zero-order chi connectivity index (χ0) is 27.6. The van der Waals surface area contributed by atoms with Crippen LogP contribution < -0.4 is 0 Å². The highest BCUT2D eigenvalue weighted by Gasteiger charge is 2.49. The van der Waals surface area contributed by atoms with E-state index >= 15 is 0 Å². The van der Waals surface area contributed by atoms with Crippen molar-refractivity contribution in [2.75, 3.05) is 47.1 Å². The van der Waals surface area contributed by atoms with E-state index in [9.17, 15) is 43.2 Å². The van der Waals surface area contributed by atoms with Gasteiger partial charge in [0.05, 0.1) is 19.6 Å². The van der Waals surface area contributed by atoms with E-state index in [0.717, 1.165) is 14.8 Å². The van der Waals surface area contributed by atoms with Gasteiger partial charge in [-0.2, -0.15) is 26.3 Å². The molecule has 0 aromatic rings. The summed E-state index contributed by atoms with van der Waals surface area (Å²) in [6.07, 6.45) is 10.3. The summed E-state index contributed by atoms with van der Waals surface area (Å²) in [6, 6.07) is 0. The Morgan fingerprint density at radius 3 is 1.54 bits per heavy atom. The number of sulfonamides is 2. The Hall–Kier alpha value is -0.503. The van der Waals surface area contributed by atoms with E-state index in [0.29, 0.717) is 0 Å². The predicted molar refractivity (Wildman–Crippen MR) is 118 cm³/mol. The highest BCUT2D eigenvalue weighted by molar-refractivity contribution is 8.13. The van der Waals surface area contributed by atoms with Crippen LogP contribution in [0.25, 0.3) is 4.13 Å². The second-order valence-corrected chi connectivity index (χ2v) is 14.3. The Bertz CT molecular complexity index is 779. The van der Waals surface area contributed by atoms with E-state index in [-0.39, 0.29) is 0 Å². The zero-order valence-corrected chi connectivity index (χ0v) is 22.7. The van der Waals surface area contributed by atoms with Crippen molar-refractivity contribution in [1.29, 1.82) is 0 Å². The molecule has 0 spiro atoms. The van der Waals surface area contributed by atoms with E-state index in [1.54, 1.807) is 21.3 Å². The average molecular weight is 585 g/mol. The smallest absolute Gasteiger partial charge is 0.421 e. The summed E-state index contributed by atoms with van der Waals surface area (Å²) < 4.78 is 127. The minimum atomic E-state index is -6.72. The maximum Gasteiger partial charge on any atom is 0.558 e. The van der Waals surface area contributed by atoms with Crippen molar-refractivity contribution in [3.8, 4) is 0 Å². The third-order valence-electron chi connectivity index (χ3n) is 5.49. The largest absolute Gasteiger partial charge is 0.558 e. The Labute approximate surface area is 204 Å².